The summed E-state index contributed by atoms with van der Waals surface area (Å²) in [6.45, 7) is 1.42. The van der Waals surface area contributed by atoms with Gasteiger partial charge in [-0.1, -0.05) is 0 Å². The van der Waals surface area contributed by atoms with Crippen molar-refractivity contribution in [2.75, 3.05) is 18.0 Å². The number of nitrogens with two attached hydrogens (primary N) is 1. The van der Waals surface area contributed by atoms with Gasteiger partial charge in [-0.2, -0.15) is 0 Å². The highest BCUT2D eigenvalue weighted by molar-refractivity contribution is 7.13. The van der Waals surface area contributed by atoms with Gasteiger partial charge in [-0.3, -0.25) is 0 Å². The Kier molecular flexibility index (Phi) is 4.06. The Hall–Kier alpha value is -1.46. The highest BCUT2D eigenvalue weighted by Gasteiger charge is 2.10. The molecule has 2 rings (SSSR count). The van der Waals surface area contributed by atoms with Gasteiger partial charge in [0.25, 0.3) is 0 Å². The summed E-state index contributed by atoms with van der Waals surface area (Å²) in [5, 5.41) is 2.83. The first-order chi connectivity index (χ1) is 8.31. The van der Waals surface area contributed by atoms with Crippen LogP contribution in [0.2, 0.25) is 0 Å². The standard InChI is InChI=1S/C12H14FN3S/c13-10-2-4-11(5-3-10)16(8-1-6-14)12-15-7-9-17-12/h2-5,7,9H,1,6,8,14H2. The molecule has 3 nitrogen and oxygen atoms in total. The van der Waals surface area contributed by atoms with E-state index in [1.807, 2.05) is 5.38 Å². The zero-order valence-corrected chi connectivity index (χ0v) is 10.2. The fraction of sp³-hybridized carbons (Fsp3) is 0.250. The highest BCUT2D eigenvalue weighted by atomic mass is 32.1. The van der Waals surface area contributed by atoms with E-state index in [-0.39, 0.29) is 5.82 Å². The quantitative estimate of drug-likeness (QED) is 0.888. The minimum absolute atomic E-state index is 0.230. The molecular weight excluding hydrogens is 237 g/mol. The molecular formula is C12H14FN3S. The van der Waals surface area contributed by atoms with Crippen molar-refractivity contribution in [2.45, 2.75) is 6.42 Å². The lowest BCUT2D eigenvalue weighted by atomic mass is 10.2. The maximum absolute atomic E-state index is 12.9. The molecule has 2 aromatic rings. The first-order valence-electron chi connectivity index (χ1n) is 5.44. The number of halogens is 1. The lowest BCUT2D eigenvalue weighted by Gasteiger charge is -2.21. The summed E-state index contributed by atoms with van der Waals surface area (Å²) in [6.07, 6.45) is 2.63. The van der Waals surface area contributed by atoms with Crippen LogP contribution in [-0.2, 0) is 0 Å². The summed E-state index contributed by atoms with van der Waals surface area (Å²) in [7, 11) is 0. The van der Waals surface area contributed by atoms with Crippen LogP contribution in [0.25, 0.3) is 0 Å². The van der Waals surface area contributed by atoms with Gasteiger partial charge in [0.05, 0.1) is 0 Å². The second-order valence-corrected chi connectivity index (χ2v) is 4.46. The van der Waals surface area contributed by atoms with Crippen molar-refractivity contribution in [1.29, 1.82) is 0 Å². The topological polar surface area (TPSA) is 42.1 Å². The number of hydrogen-bond acceptors (Lipinski definition) is 4. The third kappa shape index (κ3) is 3.01. The summed E-state index contributed by atoms with van der Waals surface area (Å²) in [5.41, 5.74) is 6.47. The zero-order chi connectivity index (χ0) is 12.1. The van der Waals surface area contributed by atoms with Crippen molar-refractivity contribution >= 4 is 22.2 Å². The van der Waals surface area contributed by atoms with Crippen LogP contribution in [0, 0.1) is 5.82 Å². The summed E-state index contributed by atoms with van der Waals surface area (Å²) in [4.78, 5) is 6.33. The molecule has 0 aliphatic rings. The van der Waals surface area contributed by atoms with E-state index in [9.17, 15) is 4.39 Å². The van der Waals surface area contributed by atoms with Crippen molar-refractivity contribution in [3.05, 3.63) is 41.7 Å². The van der Waals surface area contributed by atoms with Crippen LogP contribution in [0.5, 0.6) is 0 Å². The predicted octanol–water partition coefficient (Wildman–Crippen LogP) is 2.77. The molecule has 90 valence electrons. The van der Waals surface area contributed by atoms with Crippen molar-refractivity contribution in [2.24, 2.45) is 5.73 Å². The largest absolute Gasteiger partial charge is 0.330 e. The number of benzene rings is 1. The first-order valence-corrected chi connectivity index (χ1v) is 6.32. The Morgan fingerprint density at radius 3 is 2.65 bits per heavy atom. The molecule has 0 spiro atoms. The van der Waals surface area contributed by atoms with Crippen LogP contribution in [0.15, 0.2) is 35.8 Å². The van der Waals surface area contributed by atoms with E-state index in [2.05, 4.69) is 9.88 Å². The van der Waals surface area contributed by atoms with E-state index in [4.69, 9.17) is 5.73 Å². The summed E-state index contributed by atoms with van der Waals surface area (Å²) in [5.74, 6) is -0.230. The molecule has 5 heteroatoms. The van der Waals surface area contributed by atoms with Crippen LogP contribution in [0.4, 0.5) is 15.2 Å². The third-order valence-corrected chi connectivity index (χ3v) is 3.17. The van der Waals surface area contributed by atoms with Crippen LogP contribution in [-0.4, -0.2) is 18.1 Å². The second kappa shape index (κ2) is 5.75. The molecule has 0 bridgehead atoms. The monoisotopic (exact) mass is 251 g/mol. The normalized spacial score (nSPS) is 10.5. The predicted molar refractivity (Wildman–Crippen MR) is 69.2 cm³/mol. The molecule has 0 radical (unpaired) electrons. The molecule has 0 aliphatic carbocycles. The Balaban J connectivity index is 2.23. The highest BCUT2D eigenvalue weighted by Crippen LogP contribution is 2.27. The fourth-order valence-electron chi connectivity index (χ4n) is 1.55. The molecule has 0 aliphatic heterocycles. The van der Waals surface area contributed by atoms with E-state index in [1.54, 1.807) is 29.7 Å². The molecule has 17 heavy (non-hydrogen) atoms. The van der Waals surface area contributed by atoms with Crippen LogP contribution in [0.1, 0.15) is 6.42 Å². The van der Waals surface area contributed by atoms with E-state index < -0.39 is 0 Å². The number of anilines is 2. The minimum Gasteiger partial charge on any atom is -0.330 e. The van der Waals surface area contributed by atoms with Gasteiger partial charge in [-0.05, 0) is 37.2 Å². The van der Waals surface area contributed by atoms with Crippen molar-refractivity contribution in [3.63, 3.8) is 0 Å². The van der Waals surface area contributed by atoms with E-state index >= 15 is 0 Å². The van der Waals surface area contributed by atoms with Crippen molar-refractivity contribution in [1.82, 2.24) is 4.98 Å². The molecule has 0 unspecified atom stereocenters. The zero-order valence-electron chi connectivity index (χ0n) is 9.34. The van der Waals surface area contributed by atoms with Gasteiger partial charge in [0.2, 0.25) is 0 Å². The average Bonchev–Trinajstić information content (AvgIpc) is 2.85. The molecule has 0 fully saturated rings. The maximum Gasteiger partial charge on any atom is 0.189 e. The van der Waals surface area contributed by atoms with Gasteiger partial charge < -0.3 is 10.6 Å². The second-order valence-electron chi connectivity index (χ2n) is 3.58. The fourth-order valence-corrected chi connectivity index (χ4v) is 2.24. The Bertz CT molecular complexity index is 441. The summed E-state index contributed by atoms with van der Waals surface area (Å²) < 4.78 is 12.9. The smallest absolute Gasteiger partial charge is 0.189 e. The molecule has 1 heterocycles. The van der Waals surface area contributed by atoms with E-state index in [0.29, 0.717) is 6.54 Å². The maximum atomic E-state index is 12.9. The Morgan fingerprint density at radius 2 is 2.06 bits per heavy atom. The van der Waals surface area contributed by atoms with Crippen molar-refractivity contribution < 1.29 is 4.39 Å². The number of thiazole rings is 1. The van der Waals surface area contributed by atoms with Gasteiger partial charge in [0.1, 0.15) is 5.82 Å². The molecule has 1 aromatic heterocycles. The molecule has 1 aromatic carbocycles. The van der Waals surface area contributed by atoms with Crippen LogP contribution >= 0.6 is 11.3 Å². The Morgan fingerprint density at radius 1 is 1.29 bits per heavy atom. The first kappa shape index (κ1) is 12.0. The number of rotatable bonds is 5. The molecule has 2 N–H and O–H groups in total. The minimum atomic E-state index is -0.230. The van der Waals surface area contributed by atoms with E-state index in [1.165, 1.54) is 12.1 Å². The summed E-state index contributed by atoms with van der Waals surface area (Å²) in [6, 6.07) is 6.43. The van der Waals surface area contributed by atoms with Gasteiger partial charge in [-0.15, -0.1) is 11.3 Å². The number of aromatic nitrogens is 1. The lowest BCUT2D eigenvalue weighted by Crippen LogP contribution is -2.20. The molecule has 0 saturated heterocycles. The van der Waals surface area contributed by atoms with Gasteiger partial charge in [0.15, 0.2) is 5.13 Å². The Labute approximate surface area is 104 Å². The van der Waals surface area contributed by atoms with Gasteiger partial charge >= 0.3 is 0 Å². The van der Waals surface area contributed by atoms with Crippen molar-refractivity contribution in [3.8, 4) is 0 Å². The lowest BCUT2D eigenvalue weighted by molar-refractivity contribution is 0.627. The van der Waals surface area contributed by atoms with Gasteiger partial charge in [-0.25, -0.2) is 9.37 Å². The van der Waals surface area contributed by atoms with Crippen LogP contribution < -0.4 is 10.6 Å². The summed E-state index contributed by atoms with van der Waals surface area (Å²) >= 11 is 1.56. The number of nitrogens with zero attached hydrogens (tertiary/aromatic N) is 2. The van der Waals surface area contributed by atoms with Crippen LogP contribution in [0.3, 0.4) is 0 Å². The third-order valence-electron chi connectivity index (χ3n) is 2.37. The molecule has 0 amide bonds. The SMILES string of the molecule is NCCCN(c1ccc(F)cc1)c1nccs1. The average molecular weight is 251 g/mol. The molecule has 0 atom stereocenters. The van der Waals surface area contributed by atoms with E-state index in [0.717, 1.165) is 23.8 Å². The molecule has 0 saturated carbocycles. The van der Waals surface area contributed by atoms with Gasteiger partial charge in [0, 0.05) is 23.8 Å². The number of hydrogen-bond donors (Lipinski definition) is 1.